The van der Waals surface area contributed by atoms with Crippen molar-refractivity contribution in [2.75, 3.05) is 6.61 Å². The van der Waals surface area contributed by atoms with Crippen LogP contribution in [0.2, 0.25) is 0 Å². The zero-order chi connectivity index (χ0) is 14.2. The van der Waals surface area contributed by atoms with E-state index in [9.17, 15) is 0 Å². The summed E-state index contributed by atoms with van der Waals surface area (Å²) in [7, 11) is 0. The summed E-state index contributed by atoms with van der Waals surface area (Å²) in [6.45, 7) is 0.583. The molecule has 0 aromatic heterocycles. The van der Waals surface area contributed by atoms with Gasteiger partial charge in [-0.1, -0.05) is 24.3 Å². The van der Waals surface area contributed by atoms with Crippen molar-refractivity contribution in [2.45, 2.75) is 31.4 Å². The molecule has 0 amide bonds. The van der Waals surface area contributed by atoms with Gasteiger partial charge in [-0.15, -0.1) is 0 Å². The molecular formula is C18H19NO2. The summed E-state index contributed by atoms with van der Waals surface area (Å²) in [5.74, 6) is 1.91. The van der Waals surface area contributed by atoms with Gasteiger partial charge in [0.05, 0.1) is 0 Å². The van der Waals surface area contributed by atoms with Crippen molar-refractivity contribution < 1.29 is 9.47 Å². The van der Waals surface area contributed by atoms with Crippen LogP contribution >= 0.6 is 0 Å². The second-order valence-corrected chi connectivity index (χ2v) is 5.87. The zero-order valence-corrected chi connectivity index (χ0v) is 11.9. The maximum absolute atomic E-state index is 6.06. The highest BCUT2D eigenvalue weighted by molar-refractivity contribution is 5.41. The molecule has 3 nitrogen and oxygen atoms in total. The van der Waals surface area contributed by atoms with Crippen LogP contribution in [0.15, 0.2) is 42.5 Å². The Kier molecular flexibility index (Phi) is 3.08. The van der Waals surface area contributed by atoms with Crippen molar-refractivity contribution in [3.05, 3.63) is 59.2 Å². The Morgan fingerprint density at radius 3 is 2.95 bits per heavy atom. The average molecular weight is 281 g/mol. The van der Waals surface area contributed by atoms with Gasteiger partial charge in [0.25, 0.3) is 0 Å². The van der Waals surface area contributed by atoms with Gasteiger partial charge in [0, 0.05) is 12.5 Å². The minimum absolute atomic E-state index is 0.109. The van der Waals surface area contributed by atoms with E-state index in [4.69, 9.17) is 15.2 Å². The lowest BCUT2D eigenvalue weighted by Gasteiger charge is -2.13. The Morgan fingerprint density at radius 1 is 1.14 bits per heavy atom. The first-order valence-corrected chi connectivity index (χ1v) is 7.55. The van der Waals surface area contributed by atoms with Crippen LogP contribution in [0.25, 0.3) is 0 Å². The van der Waals surface area contributed by atoms with Crippen LogP contribution in [-0.2, 0) is 12.8 Å². The molecule has 0 bridgehead atoms. The Bertz CT molecular complexity index is 643. The van der Waals surface area contributed by atoms with Gasteiger partial charge in [0.15, 0.2) is 0 Å². The molecule has 2 aromatic carbocycles. The van der Waals surface area contributed by atoms with Gasteiger partial charge in [-0.05, 0) is 47.7 Å². The van der Waals surface area contributed by atoms with E-state index >= 15 is 0 Å². The number of hydrogen-bond acceptors (Lipinski definition) is 3. The number of aryl methyl sites for hydroxylation is 1. The second kappa shape index (κ2) is 5.08. The largest absolute Gasteiger partial charge is 0.490 e. The Labute approximate surface area is 124 Å². The molecule has 3 heteroatoms. The molecule has 2 atom stereocenters. The third kappa shape index (κ3) is 2.38. The number of benzene rings is 2. The third-order valence-electron chi connectivity index (χ3n) is 4.39. The fourth-order valence-corrected chi connectivity index (χ4v) is 3.25. The fourth-order valence-electron chi connectivity index (χ4n) is 3.25. The van der Waals surface area contributed by atoms with Crippen LogP contribution in [0, 0.1) is 0 Å². The van der Waals surface area contributed by atoms with Crippen LogP contribution in [0.3, 0.4) is 0 Å². The van der Waals surface area contributed by atoms with E-state index < -0.39 is 0 Å². The van der Waals surface area contributed by atoms with Gasteiger partial charge in [0.1, 0.15) is 24.2 Å². The Hall–Kier alpha value is -2.00. The number of ether oxygens (including phenoxy) is 2. The van der Waals surface area contributed by atoms with Gasteiger partial charge in [-0.2, -0.15) is 0 Å². The molecule has 2 aliphatic rings. The summed E-state index contributed by atoms with van der Waals surface area (Å²) in [5.41, 5.74) is 9.93. The van der Waals surface area contributed by atoms with Gasteiger partial charge < -0.3 is 15.2 Å². The normalized spacial score (nSPS) is 22.5. The lowest BCUT2D eigenvalue weighted by Crippen LogP contribution is -2.22. The van der Waals surface area contributed by atoms with E-state index in [0.717, 1.165) is 30.8 Å². The summed E-state index contributed by atoms with van der Waals surface area (Å²) in [6.07, 6.45) is 3.13. The second-order valence-electron chi connectivity index (χ2n) is 5.87. The maximum Gasteiger partial charge on any atom is 0.137 e. The van der Waals surface area contributed by atoms with Crippen molar-refractivity contribution in [3.63, 3.8) is 0 Å². The molecule has 2 aromatic rings. The quantitative estimate of drug-likeness (QED) is 0.940. The van der Waals surface area contributed by atoms with Crippen LogP contribution in [0.4, 0.5) is 0 Å². The number of fused-ring (bicyclic) bond motifs is 2. The van der Waals surface area contributed by atoms with E-state index in [1.54, 1.807) is 0 Å². The minimum atomic E-state index is 0.109. The number of hydrogen-bond donors (Lipinski definition) is 1. The molecule has 2 N–H and O–H groups in total. The summed E-state index contributed by atoms with van der Waals surface area (Å²) < 4.78 is 11.8. The van der Waals surface area contributed by atoms with Crippen LogP contribution < -0.4 is 15.2 Å². The lowest BCUT2D eigenvalue weighted by atomic mass is 10.1. The molecule has 0 saturated carbocycles. The first-order chi connectivity index (χ1) is 10.3. The molecule has 1 unspecified atom stereocenters. The maximum atomic E-state index is 6.06. The summed E-state index contributed by atoms with van der Waals surface area (Å²) >= 11 is 0. The summed E-state index contributed by atoms with van der Waals surface area (Å²) in [6, 6.07) is 14.6. The van der Waals surface area contributed by atoms with E-state index in [1.165, 1.54) is 16.7 Å². The van der Waals surface area contributed by atoms with Gasteiger partial charge in [-0.3, -0.25) is 0 Å². The molecule has 108 valence electrons. The SMILES string of the molecule is N[C@H]1CCc2cc(OCC3Cc4ccccc4O3)ccc21. The molecule has 0 fully saturated rings. The van der Waals surface area contributed by atoms with Crippen LogP contribution in [-0.4, -0.2) is 12.7 Å². The molecule has 1 aliphatic heterocycles. The standard InChI is InChI=1S/C18H19NO2/c19-17-8-5-12-9-14(6-7-16(12)17)20-11-15-10-13-3-1-2-4-18(13)21-15/h1-4,6-7,9,15,17H,5,8,10-11,19H2/t15?,17-/m0/s1. The summed E-state index contributed by atoms with van der Waals surface area (Å²) in [5, 5.41) is 0. The Balaban J connectivity index is 1.40. The first-order valence-electron chi connectivity index (χ1n) is 7.55. The highest BCUT2D eigenvalue weighted by Crippen LogP contribution is 2.32. The first kappa shape index (κ1) is 12.7. The molecule has 4 rings (SSSR count). The third-order valence-corrected chi connectivity index (χ3v) is 4.39. The van der Waals surface area contributed by atoms with Crippen molar-refractivity contribution in [1.82, 2.24) is 0 Å². The van der Waals surface area contributed by atoms with Crippen molar-refractivity contribution in [2.24, 2.45) is 5.73 Å². The summed E-state index contributed by atoms with van der Waals surface area (Å²) in [4.78, 5) is 0. The smallest absolute Gasteiger partial charge is 0.137 e. The predicted octanol–water partition coefficient (Wildman–Crippen LogP) is 3.02. The van der Waals surface area contributed by atoms with E-state index in [1.807, 2.05) is 18.2 Å². The molecule has 1 aliphatic carbocycles. The highest BCUT2D eigenvalue weighted by Gasteiger charge is 2.23. The van der Waals surface area contributed by atoms with Crippen LogP contribution in [0.1, 0.15) is 29.2 Å². The van der Waals surface area contributed by atoms with E-state index in [-0.39, 0.29) is 12.1 Å². The average Bonchev–Trinajstić information content (AvgIpc) is 3.08. The molecule has 0 radical (unpaired) electrons. The highest BCUT2D eigenvalue weighted by atomic mass is 16.5. The predicted molar refractivity (Wildman–Crippen MR) is 81.7 cm³/mol. The molecule has 1 heterocycles. The molecule has 0 spiro atoms. The van der Waals surface area contributed by atoms with Gasteiger partial charge in [-0.25, -0.2) is 0 Å². The minimum Gasteiger partial charge on any atom is -0.490 e. The van der Waals surface area contributed by atoms with Gasteiger partial charge in [0.2, 0.25) is 0 Å². The van der Waals surface area contributed by atoms with Gasteiger partial charge >= 0.3 is 0 Å². The number of rotatable bonds is 3. The molecule has 21 heavy (non-hydrogen) atoms. The molecule has 0 saturated heterocycles. The number of nitrogens with two attached hydrogens (primary N) is 1. The van der Waals surface area contributed by atoms with Crippen LogP contribution in [0.5, 0.6) is 11.5 Å². The monoisotopic (exact) mass is 281 g/mol. The van der Waals surface area contributed by atoms with Crippen molar-refractivity contribution >= 4 is 0 Å². The lowest BCUT2D eigenvalue weighted by molar-refractivity contribution is 0.148. The fraction of sp³-hybridized carbons (Fsp3) is 0.333. The van der Waals surface area contributed by atoms with Crippen molar-refractivity contribution in [1.29, 1.82) is 0 Å². The number of para-hydroxylation sites is 1. The van der Waals surface area contributed by atoms with E-state index in [2.05, 4.69) is 24.3 Å². The van der Waals surface area contributed by atoms with Crippen molar-refractivity contribution in [3.8, 4) is 11.5 Å². The Morgan fingerprint density at radius 2 is 2.05 bits per heavy atom. The molecular weight excluding hydrogens is 262 g/mol. The van der Waals surface area contributed by atoms with E-state index in [0.29, 0.717) is 6.61 Å². The zero-order valence-electron chi connectivity index (χ0n) is 11.9. The topological polar surface area (TPSA) is 44.5 Å².